The van der Waals surface area contributed by atoms with E-state index in [0.717, 1.165) is 26.2 Å². The number of aliphatic carboxylic acids is 1. The van der Waals surface area contributed by atoms with Gasteiger partial charge in [-0.25, -0.2) is 4.79 Å². The van der Waals surface area contributed by atoms with Gasteiger partial charge in [0, 0.05) is 26.4 Å². The van der Waals surface area contributed by atoms with E-state index >= 15 is 0 Å². The molecule has 4 rings (SSSR count). The first-order chi connectivity index (χ1) is 30.8. The molecular weight excluding hydrogens is 872 g/mol. The molecule has 0 aromatic heterocycles. The van der Waals surface area contributed by atoms with Gasteiger partial charge in [-0.2, -0.15) is 0 Å². The van der Waals surface area contributed by atoms with Crippen molar-refractivity contribution in [1.82, 2.24) is 10.6 Å². The number of carbonyl (C=O) groups is 4. The highest BCUT2D eigenvalue weighted by molar-refractivity contribution is 5.97. The number of phenols is 1. The number of phenolic OH excluding ortho intramolecular Hbond substituents is 1. The lowest BCUT2D eigenvalue weighted by Crippen LogP contribution is -2.71. The van der Waals surface area contributed by atoms with Crippen LogP contribution >= 0.6 is 0 Å². The molecule has 3 aliphatic rings. The molecule has 1 aromatic rings. The van der Waals surface area contributed by atoms with Crippen LogP contribution in [0.1, 0.15) is 74.2 Å². The average molecular weight is 937 g/mol. The second kappa shape index (κ2) is 24.9. The number of aryl methyl sites for hydroxylation is 1. The lowest BCUT2D eigenvalue weighted by molar-refractivity contribution is -0.382. The van der Waals surface area contributed by atoms with Crippen molar-refractivity contribution in [2.75, 3.05) is 33.5 Å². The van der Waals surface area contributed by atoms with E-state index in [9.17, 15) is 75.3 Å². The van der Waals surface area contributed by atoms with Gasteiger partial charge in [-0.05, 0) is 31.9 Å². The van der Waals surface area contributed by atoms with Gasteiger partial charge in [-0.1, -0.05) is 37.3 Å². The molecule has 0 saturated carbocycles. The summed E-state index contributed by atoms with van der Waals surface area (Å²) in [5.74, 6) is -7.41. The van der Waals surface area contributed by atoms with E-state index in [1.807, 2.05) is 0 Å². The van der Waals surface area contributed by atoms with Gasteiger partial charge in [0.15, 0.2) is 12.6 Å². The standard InChI is InChI=1S/C41H64N2O22/c1-19-11-12-22(48)21(14-19)37(56)43-29-32(54)34(26(18-46)62-38(29)60-13-9-7-5-4-6-8-10-27(51)59-3)63-39-33(55)36(31(53)25(17-45)61-39)65-41(40(57)58)15-23(49)28(42-20(2)47)35(64-41)30(52)24(50)16-44/h11-12,14,23-26,28-36,38-39,44-46,48-50,52-55H,4-10,13,15-18H2,1-3H3,(H,42,47)(H,43,56)(H,57,58)/t23?,24?,25?,26?,28-,29?,30?,31-,32?,33?,34+,35?,36?,38-,39?,41+/m1/s1. The maximum Gasteiger partial charge on any atom is 0.364 e. The Labute approximate surface area is 373 Å². The van der Waals surface area contributed by atoms with Crippen molar-refractivity contribution >= 4 is 23.8 Å². The van der Waals surface area contributed by atoms with E-state index in [1.165, 1.54) is 19.2 Å². The van der Waals surface area contributed by atoms with E-state index in [-0.39, 0.29) is 18.1 Å². The first-order valence-electron chi connectivity index (χ1n) is 21.3. The Morgan fingerprint density at radius 1 is 0.846 bits per heavy atom. The van der Waals surface area contributed by atoms with Gasteiger partial charge < -0.3 is 100.0 Å². The summed E-state index contributed by atoms with van der Waals surface area (Å²) < 4.78 is 39.6. The predicted octanol–water partition coefficient (Wildman–Crippen LogP) is -3.84. The highest BCUT2D eigenvalue weighted by Gasteiger charge is 2.60. The molecule has 3 fully saturated rings. The van der Waals surface area contributed by atoms with E-state index in [1.54, 1.807) is 13.0 Å². The van der Waals surface area contributed by atoms with Crippen LogP contribution in [0.4, 0.5) is 0 Å². The summed E-state index contributed by atoms with van der Waals surface area (Å²) in [6.45, 7) is -0.191. The molecule has 24 heteroatoms. The Morgan fingerprint density at radius 2 is 1.49 bits per heavy atom. The molecule has 0 spiro atoms. The number of aliphatic hydroxyl groups excluding tert-OH is 9. The van der Waals surface area contributed by atoms with Crippen molar-refractivity contribution in [2.24, 2.45) is 0 Å². The van der Waals surface area contributed by atoms with E-state index in [4.69, 9.17) is 28.4 Å². The Morgan fingerprint density at radius 3 is 2.11 bits per heavy atom. The molecule has 11 unspecified atom stereocenters. The number of ether oxygens (including phenoxy) is 7. The second-order valence-electron chi connectivity index (χ2n) is 16.3. The first-order valence-corrected chi connectivity index (χ1v) is 21.3. The van der Waals surface area contributed by atoms with Gasteiger partial charge in [0.05, 0.1) is 44.6 Å². The molecule has 2 amide bonds. The summed E-state index contributed by atoms with van der Waals surface area (Å²) in [5.41, 5.74) is 0.427. The summed E-state index contributed by atoms with van der Waals surface area (Å²) in [6, 6.07) is 1.14. The number of unbranched alkanes of at least 4 members (excludes halogenated alkanes) is 5. The van der Waals surface area contributed by atoms with Gasteiger partial charge in [-0.15, -0.1) is 0 Å². The number of rotatable bonds is 23. The third-order valence-electron chi connectivity index (χ3n) is 11.5. The number of carboxylic acids is 1. The molecule has 370 valence electrons. The minimum Gasteiger partial charge on any atom is -0.507 e. The van der Waals surface area contributed by atoms with Gasteiger partial charge >= 0.3 is 11.9 Å². The molecular formula is C41H64N2O22. The number of aliphatic hydroxyl groups is 9. The van der Waals surface area contributed by atoms with Crippen LogP contribution in [0.3, 0.4) is 0 Å². The zero-order valence-electron chi connectivity index (χ0n) is 36.3. The summed E-state index contributed by atoms with van der Waals surface area (Å²) >= 11 is 0. The Kier molecular flexibility index (Phi) is 20.6. The quantitative estimate of drug-likeness (QED) is 0.0369. The van der Waals surface area contributed by atoms with E-state index in [0.29, 0.717) is 31.2 Å². The fourth-order valence-corrected chi connectivity index (χ4v) is 7.90. The topological polar surface area (TPSA) is 379 Å². The second-order valence-corrected chi connectivity index (χ2v) is 16.3. The van der Waals surface area contributed by atoms with Crippen molar-refractivity contribution in [3.05, 3.63) is 29.3 Å². The van der Waals surface area contributed by atoms with Crippen LogP contribution in [0.15, 0.2) is 18.2 Å². The van der Waals surface area contributed by atoms with Gasteiger partial charge in [-0.3, -0.25) is 14.4 Å². The fraction of sp³-hybridized carbons (Fsp3) is 0.756. The Balaban J connectivity index is 1.58. The number of nitrogens with one attached hydrogen (secondary N) is 2. The van der Waals surface area contributed by atoms with Crippen LogP contribution in [0.25, 0.3) is 0 Å². The molecule has 0 bridgehead atoms. The van der Waals surface area contributed by atoms with Crippen LogP contribution in [0, 0.1) is 6.92 Å². The first kappa shape index (κ1) is 53.9. The van der Waals surface area contributed by atoms with Crippen molar-refractivity contribution in [1.29, 1.82) is 0 Å². The normalized spacial score (nSPS) is 33.7. The maximum absolute atomic E-state index is 13.6. The fourth-order valence-electron chi connectivity index (χ4n) is 7.90. The number of hydrogen-bond acceptors (Lipinski definition) is 21. The van der Waals surface area contributed by atoms with Gasteiger partial charge in [0.1, 0.15) is 72.8 Å². The van der Waals surface area contributed by atoms with Gasteiger partial charge in [0.25, 0.3) is 11.7 Å². The monoisotopic (exact) mass is 936 g/mol. The third kappa shape index (κ3) is 13.7. The molecule has 0 radical (unpaired) electrons. The van der Waals surface area contributed by atoms with E-state index in [2.05, 4.69) is 15.4 Å². The summed E-state index contributed by atoms with van der Waals surface area (Å²) in [7, 11) is 1.32. The molecule has 3 aliphatic heterocycles. The number of amides is 2. The van der Waals surface area contributed by atoms with Crippen molar-refractivity contribution < 1.29 is 109 Å². The third-order valence-corrected chi connectivity index (χ3v) is 11.5. The maximum atomic E-state index is 13.6. The number of carbonyl (C=O) groups excluding carboxylic acids is 3. The molecule has 65 heavy (non-hydrogen) atoms. The van der Waals surface area contributed by atoms with E-state index < -0.39 is 147 Å². The largest absolute Gasteiger partial charge is 0.507 e. The van der Waals surface area contributed by atoms with Crippen LogP contribution in [-0.4, -0.2) is 211 Å². The lowest BCUT2D eigenvalue weighted by Gasteiger charge is -2.51. The number of benzene rings is 1. The molecule has 3 saturated heterocycles. The Bertz CT molecular complexity index is 1710. The molecule has 0 aliphatic carbocycles. The summed E-state index contributed by atoms with van der Waals surface area (Å²) in [5, 5.41) is 123. The zero-order chi connectivity index (χ0) is 48.2. The van der Waals surface area contributed by atoms with Crippen molar-refractivity contribution in [3.8, 4) is 5.75 Å². The summed E-state index contributed by atoms with van der Waals surface area (Å²) in [4.78, 5) is 49.9. The lowest BCUT2D eigenvalue weighted by atomic mass is 9.88. The van der Waals surface area contributed by atoms with Crippen molar-refractivity contribution in [3.63, 3.8) is 0 Å². The van der Waals surface area contributed by atoms with Crippen LogP contribution in [0.5, 0.6) is 5.75 Å². The van der Waals surface area contributed by atoms with Crippen LogP contribution in [-0.2, 0) is 47.5 Å². The molecule has 13 N–H and O–H groups in total. The predicted molar refractivity (Wildman–Crippen MR) is 216 cm³/mol. The highest BCUT2D eigenvalue weighted by Crippen LogP contribution is 2.38. The minimum absolute atomic E-state index is 0.0509. The smallest absolute Gasteiger partial charge is 0.364 e. The minimum atomic E-state index is -3.09. The number of esters is 1. The number of carboxylic acid groups (broad SMARTS) is 1. The van der Waals surface area contributed by atoms with Gasteiger partial charge in [0.2, 0.25) is 5.91 Å². The number of hydrogen-bond donors (Lipinski definition) is 13. The number of methoxy groups -OCH3 is 1. The number of aromatic hydroxyl groups is 1. The molecule has 3 heterocycles. The highest BCUT2D eigenvalue weighted by atomic mass is 16.8. The Hall–Kier alpha value is -3.70. The zero-order valence-corrected chi connectivity index (χ0v) is 36.3. The van der Waals surface area contributed by atoms with Crippen LogP contribution < -0.4 is 10.6 Å². The molecule has 24 nitrogen and oxygen atoms in total. The molecule has 1 aromatic carbocycles. The van der Waals surface area contributed by atoms with Crippen molar-refractivity contribution in [2.45, 2.75) is 163 Å². The van der Waals surface area contributed by atoms with Crippen LogP contribution in [0.2, 0.25) is 0 Å². The SMILES string of the molecule is COC(=O)CCCCCCCCO[C@@H]1OC(CO)[C@H](OC2OC(CO)[C@@H](O)C(O[C@]3(C(=O)O)CC(O)[C@@H](NC(C)=O)C(C(O)C(O)CO)O3)C2O)C(O)C1NC(=O)c1cc(C)ccc1O. The average Bonchev–Trinajstić information content (AvgIpc) is 3.27. The molecule has 16 atom stereocenters. The summed E-state index contributed by atoms with van der Waals surface area (Å²) in [6.07, 6.45) is -21.3.